The molecular formula is C21H17F2N5O2. The van der Waals surface area contributed by atoms with Crippen LogP contribution in [-0.2, 0) is 0 Å². The molecule has 1 atom stereocenters. The number of aromatic nitrogens is 4. The van der Waals surface area contributed by atoms with Gasteiger partial charge in [0.05, 0.1) is 18.3 Å². The van der Waals surface area contributed by atoms with Crippen LogP contribution < -0.4 is 4.74 Å². The zero-order valence-electron chi connectivity index (χ0n) is 15.8. The number of ether oxygens (including phenoxy) is 1. The molecule has 1 amide bonds. The molecule has 4 aromatic rings. The molecule has 1 fully saturated rings. The SMILES string of the molecule is O=C(c1cnn2cccnc12)N1CCC(F)(F)[C@@H](Oc2ccc3ccccc3n2)C1. The van der Waals surface area contributed by atoms with E-state index in [2.05, 4.69) is 15.1 Å². The number of alkyl halides is 2. The highest BCUT2D eigenvalue weighted by atomic mass is 19.3. The number of piperidine rings is 1. The van der Waals surface area contributed by atoms with Gasteiger partial charge in [0.25, 0.3) is 11.8 Å². The standard InChI is InChI=1S/C21H17F2N5O2/c22-21(23)8-11-27(20(29)15-12-25-28-10-3-9-24-19(15)28)13-17(21)30-18-7-6-14-4-1-2-5-16(14)26-18/h1-7,9-10,12,17H,8,11,13H2/t17-/m0/s1. The Kier molecular flexibility index (Phi) is 4.30. The number of hydrogen-bond acceptors (Lipinski definition) is 5. The molecule has 0 bridgehead atoms. The second-order valence-electron chi connectivity index (χ2n) is 7.16. The van der Waals surface area contributed by atoms with E-state index in [1.807, 2.05) is 18.2 Å². The number of carbonyl (C=O) groups is 1. The Morgan fingerprint density at radius 3 is 2.93 bits per heavy atom. The average molecular weight is 409 g/mol. The number of fused-ring (bicyclic) bond motifs is 2. The molecule has 9 heteroatoms. The fraction of sp³-hybridized carbons (Fsp3) is 0.238. The van der Waals surface area contributed by atoms with Crippen molar-refractivity contribution in [2.75, 3.05) is 13.1 Å². The molecule has 0 radical (unpaired) electrons. The summed E-state index contributed by atoms with van der Waals surface area (Å²) >= 11 is 0. The van der Waals surface area contributed by atoms with E-state index in [0.717, 1.165) is 5.39 Å². The minimum absolute atomic E-state index is 0.0823. The number of nitrogens with zero attached hydrogens (tertiary/aromatic N) is 5. The predicted molar refractivity (Wildman–Crippen MR) is 105 cm³/mol. The molecule has 30 heavy (non-hydrogen) atoms. The van der Waals surface area contributed by atoms with Crippen molar-refractivity contribution in [2.24, 2.45) is 0 Å². The number of halogens is 2. The summed E-state index contributed by atoms with van der Waals surface area (Å²) in [6.07, 6.45) is 2.62. The maximum atomic E-state index is 14.6. The summed E-state index contributed by atoms with van der Waals surface area (Å²) in [5.41, 5.74) is 1.30. The van der Waals surface area contributed by atoms with Crippen LogP contribution in [0, 0.1) is 0 Å². The van der Waals surface area contributed by atoms with E-state index in [1.54, 1.807) is 36.7 Å². The first kappa shape index (κ1) is 18.4. The average Bonchev–Trinajstić information content (AvgIpc) is 3.19. The summed E-state index contributed by atoms with van der Waals surface area (Å²) in [5, 5.41) is 4.98. The van der Waals surface area contributed by atoms with E-state index in [1.165, 1.54) is 15.6 Å². The molecule has 1 aliphatic heterocycles. The molecule has 1 aromatic carbocycles. The first-order chi connectivity index (χ1) is 14.5. The van der Waals surface area contributed by atoms with Gasteiger partial charge in [0.15, 0.2) is 11.8 Å². The second kappa shape index (κ2) is 7.01. The smallest absolute Gasteiger partial charge is 0.287 e. The largest absolute Gasteiger partial charge is 0.466 e. The summed E-state index contributed by atoms with van der Waals surface area (Å²) in [6, 6.07) is 12.4. The Hall–Kier alpha value is -3.62. The van der Waals surface area contributed by atoms with Gasteiger partial charge in [-0.2, -0.15) is 5.10 Å². The van der Waals surface area contributed by atoms with E-state index in [0.29, 0.717) is 11.2 Å². The number of likely N-dealkylation sites (tertiary alicyclic amines) is 1. The fourth-order valence-corrected chi connectivity index (χ4v) is 3.59. The van der Waals surface area contributed by atoms with Crippen LogP contribution in [0.2, 0.25) is 0 Å². The van der Waals surface area contributed by atoms with Crippen molar-refractivity contribution in [3.63, 3.8) is 0 Å². The molecule has 1 aliphatic rings. The van der Waals surface area contributed by atoms with Crippen LogP contribution in [-0.4, -0.2) is 55.5 Å². The monoisotopic (exact) mass is 409 g/mol. The molecule has 5 rings (SSSR count). The lowest BCUT2D eigenvalue weighted by atomic mass is 10.0. The first-order valence-corrected chi connectivity index (χ1v) is 9.49. The predicted octanol–water partition coefficient (Wildman–Crippen LogP) is 3.21. The number of para-hydroxylation sites is 1. The first-order valence-electron chi connectivity index (χ1n) is 9.49. The van der Waals surface area contributed by atoms with E-state index in [-0.39, 0.29) is 24.5 Å². The van der Waals surface area contributed by atoms with E-state index in [9.17, 15) is 13.6 Å². The van der Waals surface area contributed by atoms with Crippen LogP contribution >= 0.6 is 0 Å². The second-order valence-corrected chi connectivity index (χ2v) is 7.16. The zero-order valence-corrected chi connectivity index (χ0v) is 15.8. The zero-order chi connectivity index (χ0) is 20.7. The Morgan fingerprint density at radius 2 is 2.03 bits per heavy atom. The molecule has 1 saturated heterocycles. The summed E-state index contributed by atoms with van der Waals surface area (Å²) in [5.74, 6) is -3.38. The fourth-order valence-electron chi connectivity index (χ4n) is 3.59. The van der Waals surface area contributed by atoms with E-state index >= 15 is 0 Å². The maximum Gasteiger partial charge on any atom is 0.287 e. The quantitative estimate of drug-likeness (QED) is 0.520. The molecule has 7 nitrogen and oxygen atoms in total. The number of rotatable bonds is 3. The lowest BCUT2D eigenvalue weighted by Gasteiger charge is -2.37. The molecule has 3 aromatic heterocycles. The highest BCUT2D eigenvalue weighted by molar-refractivity contribution is 5.99. The Morgan fingerprint density at radius 1 is 1.17 bits per heavy atom. The summed E-state index contributed by atoms with van der Waals surface area (Å²) in [7, 11) is 0. The van der Waals surface area contributed by atoms with Crippen molar-refractivity contribution in [3.8, 4) is 5.88 Å². The number of amides is 1. The van der Waals surface area contributed by atoms with Crippen LogP contribution in [0.5, 0.6) is 5.88 Å². The van der Waals surface area contributed by atoms with Crippen LogP contribution in [0.15, 0.2) is 61.1 Å². The van der Waals surface area contributed by atoms with Gasteiger partial charge in [0.1, 0.15) is 5.56 Å². The molecule has 0 N–H and O–H groups in total. The van der Waals surface area contributed by atoms with Gasteiger partial charge in [-0.1, -0.05) is 18.2 Å². The highest BCUT2D eigenvalue weighted by Crippen LogP contribution is 2.32. The van der Waals surface area contributed by atoms with Crippen LogP contribution in [0.1, 0.15) is 16.8 Å². The van der Waals surface area contributed by atoms with Crippen LogP contribution in [0.3, 0.4) is 0 Å². The lowest BCUT2D eigenvalue weighted by molar-refractivity contribution is -0.131. The molecule has 0 aliphatic carbocycles. The highest BCUT2D eigenvalue weighted by Gasteiger charge is 2.47. The Bertz CT molecular complexity index is 1240. The third kappa shape index (κ3) is 3.22. The van der Waals surface area contributed by atoms with Gasteiger partial charge < -0.3 is 9.64 Å². The van der Waals surface area contributed by atoms with Gasteiger partial charge in [-0.25, -0.2) is 23.3 Å². The molecule has 152 valence electrons. The Balaban J connectivity index is 1.39. The minimum Gasteiger partial charge on any atom is -0.466 e. The topological polar surface area (TPSA) is 72.6 Å². The Labute approximate surface area is 169 Å². The van der Waals surface area contributed by atoms with Gasteiger partial charge in [0, 0.05) is 36.8 Å². The van der Waals surface area contributed by atoms with Crippen molar-refractivity contribution in [1.82, 2.24) is 24.5 Å². The van der Waals surface area contributed by atoms with Crippen molar-refractivity contribution < 1.29 is 18.3 Å². The van der Waals surface area contributed by atoms with E-state index in [4.69, 9.17) is 4.74 Å². The summed E-state index contributed by atoms with van der Waals surface area (Å²) < 4.78 is 36.2. The molecular weight excluding hydrogens is 392 g/mol. The van der Waals surface area contributed by atoms with Crippen molar-refractivity contribution in [2.45, 2.75) is 18.4 Å². The molecule has 0 saturated carbocycles. The summed E-state index contributed by atoms with van der Waals surface area (Å²) in [6.45, 7) is -0.342. The number of carbonyl (C=O) groups excluding carboxylic acids is 1. The van der Waals surface area contributed by atoms with Gasteiger partial charge in [0.2, 0.25) is 5.88 Å². The van der Waals surface area contributed by atoms with Crippen molar-refractivity contribution in [3.05, 3.63) is 66.6 Å². The maximum absolute atomic E-state index is 14.6. The molecule has 0 unspecified atom stereocenters. The third-order valence-corrected chi connectivity index (χ3v) is 5.21. The number of hydrogen-bond donors (Lipinski definition) is 0. The lowest BCUT2D eigenvalue weighted by Crippen LogP contribution is -2.55. The van der Waals surface area contributed by atoms with Crippen molar-refractivity contribution >= 4 is 22.5 Å². The number of pyridine rings is 1. The van der Waals surface area contributed by atoms with Crippen LogP contribution in [0.4, 0.5) is 8.78 Å². The number of benzene rings is 1. The minimum atomic E-state index is -3.08. The summed E-state index contributed by atoms with van der Waals surface area (Å²) in [4.78, 5) is 22.8. The normalized spacial score (nSPS) is 18.6. The van der Waals surface area contributed by atoms with E-state index < -0.39 is 24.4 Å². The molecule has 4 heterocycles. The van der Waals surface area contributed by atoms with Gasteiger partial charge in [-0.3, -0.25) is 4.79 Å². The van der Waals surface area contributed by atoms with Crippen LogP contribution in [0.25, 0.3) is 16.6 Å². The molecule has 0 spiro atoms. The van der Waals surface area contributed by atoms with Crippen molar-refractivity contribution in [1.29, 1.82) is 0 Å². The van der Waals surface area contributed by atoms with Gasteiger partial charge in [-0.05, 0) is 18.2 Å². The van der Waals surface area contributed by atoms with Gasteiger partial charge in [-0.15, -0.1) is 0 Å². The third-order valence-electron chi connectivity index (χ3n) is 5.21. The van der Waals surface area contributed by atoms with Gasteiger partial charge >= 0.3 is 0 Å².